The first-order chi connectivity index (χ1) is 7.13. The van der Waals surface area contributed by atoms with Crippen LogP contribution < -0.4 is 5.73 Å². The maximum Gasteiger partial charge on any atom is 0.219 e. The van der Waals surface area contributed by atoms with Crippen molar-refractivity contribution in [3.63, 3.8) is 0 Å². The predicted octanol–water partition coefficient (Wildman–Crippen LogP) is 0.135. The minimum absolute atomic E-state index is 0.166. The molecule has 2 N–H and O–H groups in total. The molecule has 0 saturated carbocycles. The fourth-order valence-corrected chi connectivity index (χ4v) is 2.09. The SMILES string of the molecule is CC(=O)N(C)CC1CCN(CCN)CC1. The Kier molecular flexibility index (Phi) is 5.05. The number of likely N-dealkylation sites (tertiary alicyclic amines) is 1. The van der Waals surface area contributed by atoms with Crippen molar-refractivity contribution < 1.29 is 4.79 Å². The Morgan fingerprint density at radius 3 is 2.53 bits per heavy atom. The van der Waals surface area contributed by atoms with Crippen molar-refractivity contribution in [1.82, 2.24) is 9.80 Å². The van der Waals surface area contributed by atoms with Gasteiger partial charge in [-0.25, -0.2) is 0 Å². The minimum atomic E-state index is 0.166. The van der Waals surface area contributed by atoms with Gasteiger partial charge in [0.2, 0.25) is 5.91 Å². The molecule has 0 aromatic carbocycles. The van der Waals surface area contributed by atoms with Gasteiger partial charge in [-0.3, -0.25) is 4.79 Å². The molecule has 15 heavy (non-hydrogen) atoms. The van der Waals surface area contributed by atoms with Gasteiger partial charge in [-0.1, -0.05) is 0 Å². The summed E-state index contributed by atoms with van der Waals surface area (Å²) in [6, 6.07) is 0. The van der Waals surface area contributed by atoms with E-state index in [9.17, 15) is 4.79 Å². The van der Waals surface area contributed by atoms with Crippen LogP contribution in [0.5, 0.6) is 0 Å². The van der Waals surface area contributed by atoms with E-state index in [0.717, 1.165) is 32.7 Å². The maximum absolute atomic E-state index is 11.1. The van der Waals surface area contributed by atoms with Gasteiger partial charge < -0.3 is 15.5 Å². The van der Waals surface area contributed by atoms with Gasteiger partial charge in [0.1, 0.15) is 0 Å². The first kappa shape index (κ1) is 12.5. The van der Waals surface area contributed by atoms with Crippen LogP contribution in [-0.2, 0) is 4.79 Å². The highest BCUT2D eigenvalue weighted by Crippen LogP contribution is 2.17. The second kappa shape index (κ2) is 6.08. The summed E-state index contributed by atoms with van der Waals surface area (Å²) < 4.78 is 0. The Labute approximate surface area is 92.4 Å². The Balaban J connectivity index is 2.22. The van der Waals surface area contributed by atoms with Crippen molar-refractivity contribution in [3.8, 4) is 0 Å². The number of carbonyl (C=O) groups excluding carboxylic acids is 1. The lowest BCUT2D eigenvalue weighted by Gasteiger charge is -2.33. The normalized spacial score (nSPS) is 19.1. The van der Waals surface area contributed by atoms with E-state index in [0.29, 0.717) is 5.92 Å². The largest absolute Gasteiger partial charge is 0.346 e. The molecule has 0 aromatic rings. The average molecular weight is 213 g/mol. The predicted molar refractivity (Wildman–Crippen MR) is 61.5 cm³/mol. The van der Waals surface area contributed by atoms with Crippen molar-refractivity contribution in [2.45, 2.75) is 19.8 Å². The summed E-state index contributed by atoms with van der Waals surface area (Å²) in [4.78, 5) is 15.3. The molecule has 0 aliphatic carbocycles. The highest BCUT2D eigenvalue weighted by atomic mass is 16.2. The zero-order valence-corrected chi connectivity index (χ0v) is 9.91. The van der Waals surface area contributed by atoms with Gasteiger partial charge >= 0.3 is 0 Å². The summed E-state index contributed by atoms with van der Waals surface area (Å²) in [6.45, 7) is 6.56. The molecule has 0 spiro atoms. The molecule has 1 heterocycles. The highest BCUT2D eigenvalue weighted by molar-refractivity contribution is 5.72. The molecule has 0 bridgehead atoms. The van der Waals surface area contributed by atoms with E-state index in [1.54, 1.807) is 6.92 Å². The molecule has 88 valence electrons. The molecule has 1 fully saturated rings. The van der Waals surface area contributed by atoms with E-state index in [1.165, 1.54) is 12.8 Å². The molecular weight excluding hydrogens is 190 g/mol. The first-order valence-corrected chi connectivity index (χ1v) is 5.77. The Morgan fingerprint density at radius 1 is 1.47 bits per heavy atom. The van der Waals surface area contributed by atoms with Crippen molar-refractivity contribution in [2.24, 2.45) is 11.7 Å². The number of hydrogen-bond acceptors (Lipinski definition) is 3. The van der Waals surface area contributed by atoms with Crippen molar-refractivity contribution in [2.75, 3.05) is 39.8 Å². The van der Waals surface area contributed by atoms with Gasteiger partial charge in [-0.05, 0) is 31.8 Å². The van der Waals surface area contributed by atoms with Crippen LogP contribution in [0.1, 0.15) is 19.8 Å². The van der Waals surface area contributed by atoms with E-state index in [4.69, 9.17) is 5.73 Å². The fourth-order valence-electron chi connectivity index (χ4n) is 2.09. The topological polar surface area (TPSA) is 49.6 Å². The summed E-state index contributed by atoms with van der Waals surface area (Å²) in [6.07, 6.45) is 2.38. The first-order valence-electron chi connectivity index (χ1n) is 5.77. The lowest BCUT2D eigenvalue weighted by atomic mass is 9.96. The standard InChI is InChI=1S/C11H23N3O/c1-10(15)13(2)9-11-3-6-14(7-4-11)8-5-12/h11H,3-9,12H2,1-2H3. The number of piperidine rings is 1. The summed E-state index contributed by atoms with van der Waals surface area (Å²) in [5, 5.41) is 0. The van der Waals surface area contributed by atoms with Gasteiger partial charge in [0, 0.05) is 33.6 Å². The average Bonchev–Trinajstić information content (AvgIpc) is 2.21. The monoisotopic (exact) mass is 213 g/mol. The summed E-state index contributed by atoms with van der Waals surface area (Å²) in [5.41, 5.74) is 5.52. The quantitative estimate of drug-likeness (QED) is 0.722. The molecule has 0 atom stereocenters. The number of amides is 1. The van der Waals surface area contributed by atoms with Crippen LogP contribution in [0.25, 0.3) is 0 Å². The lowest BCUT2D eigenvalue weighted by molar-refractivity contribution is -0.128. The number of carbonyl (C=O) groups is 1. The highest BCUT2D eigenvalue weighted by Gasteiger charge is 2.20. The Hall–Kier alpha value is -0.610. The summed E-state index contributed by atoms with van der Waals surface area (Å²) in [7, 11) is 1.88. The van der Waals surface area contributed by atoms with Crippen LogP contribution in [0.15, 0.2) is 0 Å². The molecule has 0 unspecified atom stereocenters. The third-order valence-corrected chi connectivity index (χ3v) is 3.22. The van der Waals surface area contributed by atoms with Crippen LogP contribution >= 0.6 is 0 Å². The van der Waals surface area contributed by atoms with Gasteiger partial charge in [0.25, 0.3) is 0 Å². The second-order valence-electron chi connectivity index (χ2n) is 4.47. The van der Waals surface area contributed by atoms with Gasteiger partial charge in [-0.2, -0.15) is 0 Å². The Morgan fingerprint density at radius 2 is 2.07 bits per heavy atom. The number of nitrogens with two attached hydrogens (primary N) is 1. The van der Waals surface area contributed by atoms with Crippen molar-refractivity contribution in [3.05, 3.63) is 0 Å². The molecule has 1 saturated heterocycles. The summed E-state index contributed by atoms with van der Waals surface area (Å²) >= 11 is 0. The Bertz CT molecular complexity index is 200. The van der Waals surface area contributed by atoms with Crippen LogP contribution in [0.2, 0.25) is 0 Å². The molecule has 4 nitrogen and oxygen atoms in total. The molecule has 0 radical (unpaired) electrons. The third kappa shape index (κ3) is 4.18. The molecule has 0 aromatic heterocycles. The molecule has 4 heteroatoms. The van der Waals surface area contributed by atoms with E-state index >= 15 is 0 Å². The molecular formula is C11H23N3O. The van der Waals surface area contributed by atoms with Gasteiger partial charge in [0.15, 0.2) is 0 Å². The number of hydrogen-bond donors (Lipinski definition) is 1. The zero-order valence-electron chi connectivity index (χ0n) is 9.91. The van der Waals surface area contributed by atoms with Crippen molar-refractivity contribution >= 4 is 5.91 Å². The van der Waals surface area contributed by atoms with Crippen LogP contribution in [0, 0.1) is 5.92 Å². The van der Waals surface area contributed by atoms with Gasteiger partial charge in [-0.15, -0.1) is 0 Å². The van der Waals surface area contributed by atoms with E-state index in [1.807, 2.05) is 11.9 Å². The van der Waals surface area contributed by atoms with Crippen LogP contribution in [0.4, 0.5) is 0 Å². The van der Waals surface area contributed by atoms with Crippen LogP contribution in [0.3, 0.4) is 0 Å². The summed E-state index contributed by atoms with van der Waals surface area (Å²) in [5.74, 6) is 0.840. The van der Waals surface area contributed by atoms with Crippen molar-refractivity contribution in [1.29, 1.82) is 0 Å². The fraction of sp³-hybridized carbons (Fsp3) is 0.909. The lowest BCUT2D eigenvalue weighted by Crippen LogP contribution is -2.40. The molecule has 1 aliphatic heterocycles. The zero-order chi connectivity index (χ0) is 11.3. The van der Waals surface area contributed by atoms with E-state index in [2.05, 4.69) is 4.90 Å². The third-order valence-electron chi connectivity index (χ3n) is 3.22. The van der Waals surface area contributed by atoms with E-state index in [-0.39, 0.29) is 5.91 Å². The van der Waals surface area contributed by atoms with Gasteiger partial charge in [0.05, 0.1) is 0 Å². The van der Waals surface area contributed by atoms with Crippen LogP contribution in [-0.4, -0.2) is 55.5 Å². The molecule has 1 rings (SSSR count). The second-order valence-corrected chi connectivity index (χ2v) is 4.47. The van der Waals surface area contributed by atoms with E-state index < -0.39 is 0 Å². The molecule has 1 amide bonds. The number of rotatable bonds is 4. The maximum atomic E-state index is 11.1. The number of nitrogens with zero attached hydrogens (tertiary/aromatic N) is 2. The molecule has 1 aliphatic rings. The minimum Gasteiger partial charge on any atom is -0.346 e. The smallest absolute Gasteiger partial charge is 0.219 e.